The Morgan fingerprint density at radius 3 is 2.50 bits per heavy atom. The summed E-state index contributed by atoms with van der Waals surface area (Å²) in [6.45, 7) is 2.22. The predicted molar refractivity (Wildman–Crippen MR) is 76.7 cm³/mol. The smallest absolute Gasteiger partial charge is 0.0565 e. The Morgan fingerprint density at radius 2 is 1.94 bits per heavy atom. The third-order valence-electron chi connectivity index (χ3n) is 3.86. The molecule has 1 fully saturated rings. The molecule has 1 aromatic rings. The molecule has 2 heteroatoms. The van der Waals surface area contributed by atoms with Gasteiger partial charge in [0, 0.05) is 17.6 Å². The molecule has 0 amide bonds. The molecule has 0 saturated heterocycles. The van der Waals surface area contributed by atoms with Crippen molar-refractivity contribution < 1.29 is 0 Å². The molecule has 3 rings (SSSR count). The summed E-state index contributed by atoms with van der Waals surface area (Å²) in [7, 11) is 0. The number of hydrogen-bond acceptors (Lipinski definition) is 2. The topological polar surface area (TPSA) is 38.0 Å². The van der Waals surface area contributed by atoms with Gasteiger partial charge in [0.25, 0.3) is 0 Å². The molecule has 0 bridgehead atoms. The largest absolute Gasteiger partial charge is 0.376 e. The highest BCUT2D eigenvalue weighted by molar-refractivity contribution is 5.50. The van der Waals surface area contributed by atoms with Gasteiger partial charge in [-0.2, -0.15) is 0 Å². The van der Waals surface area contributed by atoms with E-state index in [2.05, 4.69) is 60.8 Å². The van der Waals surface area contributed by atoms with Gasteiger partial charge in [0.2, 0.25) is 0 Å². The van der Waals surface area contributed by atoms with E-state index in [1.807, 2.05) is 0 Å². The van der Waals surface area contributed by atoms with Crippen LogP contribution in [0, 0.1) is 0 Å². The normalized spacial score (nSPS) is 33.4. The first kappa shape index (κ1) is 11.5. The second-order valence-corrected chi connectivity index (χ2v) is 5.66. The van der Waals surface area contributed by atoms with Gasteiger partial charge in [-0.15, -0.1) is 0 Å². The average molecular weight is 240 g/mol. The van der Waals surface area contributed by atoms with Crippen molar-refractivity contribution in [1.29, 1.82) is 0 Å². The molecule has 0 aliphatic heterocycles. The minimum atomic E-state index is 0.0340. The minimum absolute atomic E-state index is 0.0340. The predicted octanol–water partition coefficient (Wildman–Crippen LogP) is 3.19. The molecule has 3 unspecified atom stereocenters. The van der Waals surface area contributed by atoms with E-state index < -0.39 is 0 Å². The van der Waals surface area contributed by atoms with Crippen LogP contribution in [0.15, 0.2) is 48.6 Å². The van der Waals surface area contributed by atoms with Crippen LogP contribution < -0.4 is 11.1 Å². The highest BCUT2D eigenvalue weighted by atomic mass is 15.0. The van der Waals surface area contributed by atoms with Gasteiger partial charge in [-0.3, -0.25) is 0 Å². The minimum Gasteiger partial charge on any atom is -0.376 e. The maximum Gasteiger partial charge on any atom is 0.0565 e. The SMILES string of the molecule is CC1(Nc2ccc(C3CC3N)cc2)C=CC=CC1. The van der Waals surface area contributed by atoms with Crippen LogP contribution in [0.3, 0.4) is 0 Å². The Balaban J connectivity index is 1.70. The lowest BCUT2D eigenvalue weighted by Crippen LogP contribution is -2.32. The van der Waals surface area contributed by atoms with Crippen LogP contribution in [0.1, 0.15) is 31.2 Å². The Morgan fingerprint density at radius 1 is 1.22 bits per heavy atom. The van der Waals surface area contributed by atoms with Gasteiger partial charge in [-0.05, 0) is 37.5 Å². The van der Waals surface area contributed by atoms with Gasteiger partial charge in [0.15, 0.2) is 0 Å². The van der Waals surface area contributed by atoms with Crippen molar-refractivity contribution in [3.8, 4) is 0 Å². The zero-order valence-electron chi connectivity index (χ0n) is 10.8. The summed E-state index contributed by atoms with van der Waals surface area (Å²) in [5.41, 5.74) is 8.46. The van der Waals surface area contributed by atoms with Crippen molar-refractivity contribution in [2.45, 2.75) is 37.3 Å². The second kappa shape index (κ2) is 4.29. The van der Waals surface area contributed by atoms with Crippen LogP contribution in [0.4, 0.5) is 5.69 Å². The molecule has 1 saturated carbocycles. The second-order valence-electron chi connectivity index (χ2n) is 5.66. The van der Waals surface area contributed by atoms with Crippen LogP contribution in [0.5, 0.6) is 0 Å². The summed E-state index contributed by atoms with van der Waals surface area (Å²) < 4.78 is 0. The molecule has 2 nitrogen and oxygen atoms in total. The summed E-state index contributed by atoms with van der Waals surface area (Å²) in [6.07, 6.45) is 10.8. The van der Waals surface area contributed by atoms with Crippen LogP contribution >= 0.6 is 0 Å². The number of nitrogens with two attached hydrogens (primary N) is 1. The summed E-state index contributed by atoms with van der Waals surface area (Å²) in [6, 6.07) is 9.11. The third-order valence-corrected chi connectivity index (χ3v) is 3.86. The molecule has 2 aliphatic rings. The molecule has 3 N–H and O–H groups in total. The maximum atomic E-state index is 5.87. The van der Waals surface area contributed by atoms with Crippen molar-refractivity contribution >= 4 is 5.69 Å². The lowest BCUT2D eigenvalue weighted by Gasteiger charge is -2.29. The highest BCUT2D eigenvalue weighted by Gasteiger charge is 2.34. The van der Waals surface area contributed by atoms with E-state index in [1.165, 1.54) is 11.3 Å². The molecule has 0 spiro atoms. The van der Waals surface area contributed by atoms with E-state index in [0.29, 0.717) is 12.0 Å². The Kier molecular flexibility index (Phi) is 2.75. The zero-order chi connectivity index (χ0) is 12.6. The standard InChI is InChI=1S/C16H20N2/c1-16(9-3-2-4-10-16)18-13-7-5-12(6-8-13)14-11-15(14)17/h2-9,14-15,18H,10-11,17H2,1H3. The molecule has 0 radical (unpaired) electrons. The van der Waals surface area contributed by atoms with E-state index >= 15 is 0 Å². The molecule has 18 heavy (non-hydrogen) atoms. The fraction of sp³-hybridized carbons (Fsp3) is 0.375. The molecule has 0 aromatic heterocycles. The van der Waals surface area contributed by atoms with Crippen LogP contribution in [-0.2, 0) is 0 Å². The first-order valence-electron chi connectivity index (χ1n) is 6.64. The fourth-order valence-electron chi connectivity index (χ4n) is 2.56. The molecule has 1 aromatic carbocycles. The Hall–Kier alpha value is -1.54. The molecule has 0 heterocycles. The Bertz CT molecular complexity index is 486. The van der Waals surface area contributed by atoms with Crippen LogP contribution in [0.2, 0.25) is 0 Å². The van der Waals surface area contributed by atoms with Crippen LogP contribution in [0.25, 0.3) is 0 Å². The number of nitrogens with one attached hydrogen (secondary N) is 1. The molecular weight excluding hydrogens is 220 g/mol. The summed E-state index contributed by atoms with van der Waals surface area (Å²) in [4.78, 5) is 0. The molecule has 2 aliphatic carbocycles. The van der Waals surface area contributed by atoms with Crippen molar-refractivity contribution in [2.75, 3.05) is 5.32 Å². The summed E-state index contributed by atoms with van der Waals surface area (Å²) in [5, 5.41) is 3.59. The third kappa shape index (κ3) is 2.34. The van der Waals surface area contributed by atoms with E-state index in [9.17, 15) is 0 Å². The lowest BCUT2D eigenvalue weighted by atomic mass is 9.93. The van der Waals surface area contributed by atoms with Crippen LogP contribution in [-0.4, -0.2) is 11.6 Å². The Labute approximate surface area is 109 Å². The number of anilines is 1. The average Bonchev–Trinajstić information content (AvgIpc) is 3.08. The first-order valence-corrected chi connectivity index (χ1v) is 6.64. The van der Waals surface area contributed by atoms with Crippen molar-refractivity contribution in [2.24, 2.45) is 5.73 Å². The van der Waals surface area contributed by atoms with E-state index in [0.717, 1.165) is 12.8 Å². The van der Waals surface area contributed by atoms with Crippen molar-refractivity contribution in [3.05, 3.63) is 54.1 Å². The van der Waals surface area contributed by atoms with E-state index in [1.54, 1.807) is 0 Å². The number of allylic oxidation sites excluding steroid dienone is 2. The van der Waals surface area contributed by atoms with Gasteiger partial charge in [0.1, 0.15) is 0 Å². The summed E-state index contributed by atoms with van der Waals surface area (Å²) >= 11 is 0. The molecule has 3 atom stereocenters. The van der Waals surface area contributed by atoms with Gasteiger partial charge >= 0.3 is 0 Å². The van der Waals surface area contributed by atoms with Gasteiger partial charge in [-0.1, -0.05) is 36.4 Å². The maximum absolute atomic E-state index is 5.87. The molecular formula is C16H20N2. The quantitative estimate of drug-likeness (QED) is 0.851. The van der Waals surface area contributed by atoms with Gasteiger partial charge in [-0.25, -0.2) is 0 Å². The van der Waals surface area contributed by atoms with E-state index in [-0.39, 0.29) is 5.54 Å². The number of benzene rings is 1. The lowest BCUT2D eigenvalue weighted by molar-refractivity contribution is 0.641. The highest BCUT2D eigenvalue weighted by Crippen LogP contribution is 2.39. The fourth-order valence-corrected chi connectivity index (χ4v) is 2.56. The number of hydrogen-bond donors (Lipinski definition) is 2. The van der Waals surface area contributed by atoms with Crippen molar-refractivity contribution in [1.82, 2.24) is 0 Å². The zero-order valence-corrected chi connectivity index (χ0v) is 10.8. The van der Waals surface area contributed by atoms with Crippen molar-refractivity contribution in [3.63, 3.8) is 0 Å². The number of rotatable bonds is 3. The van der Waals surface area contributed by atoms with Gasteiger partial charge < -0.3 is 11.1 Å². The van der Waals surface area contributed by atoms with E-state index in [4.69, 9.17) is 5.73 Å². The first-order chi connectivity index (χ1) is 8.66. The summed E-state index contributed by atoms with van der Waals surface area (Å²) in [5.74, 6) is 0.590. The van der Waals surface area contributed by atoms with Gasteiger partial charge in [0.05, 0.1) is 5.54 Å². The molecule has 94 valence electrons. The monoisotopic (exact) mass is 240 g/mol.